The van der Waals surface area contributed by atoms with Crippen LogP contribution >= 0.6 is 0 Å². The van der Waals surface area contributed by atoms with E-state index in [0.29, 0.717) is 30.8 Å². The first-order valence-corrected chi connectivity index (χ1v) is 8.91. The van der Waals surface area contributed by atoms with E-state index >= 15 is 0 Å². The van der Waals surface area contributed by atoms with E-state index in [1.807, 2.05) is 11.0 Å². The number of piperidine rings is 1. The number of nitrogens with zero attached hydrogens (tertiary/aromatic N) is 1. The van der Waals surface area contributed by atoms with Gasteiger partial charge in [-0.1, -0.05) is 18.2 Å². The van der Waals surface area contributed by atoms with E-state index in [-0.39, 0.29) is 12.0 Å². The maximum atomic E-state index is 12.6. The first-order valence-electron chi connectivity index (χ1n) is 8.91. The third kappa shape index (κ3) is 4.04. The van der Waals surface area contributed by atoms with E-state index in [2.05, 4.69) is 31.3 Å². The molecule has 5 nitrogen and oxygen atoms in total. The van der Waals surface area contributed by atoms with Gasteiger partial charge < -0.3 is 15.0 Å². The van der Waals surface area contributed by atoms with Crippen molar-refractivity contribution in [3.8, 4) is 5.75 Å². The molecule has 1 N–H and O–H groups in total. The summed E-state index contributed by atoms with van der Waals surface area (Å²) in [5, 5.41) is 2.57. The molecule has 26 heavy (non-hydrogen) atoms. The minimum Gasteiger partial charge on any atom is -0.490 e. The number of anilines is 1. The van der Waals surface area contributed by atoms with Crippen LogP contribution in [0.2, 0.25) is 0 Å². The van der Waals surface area contributed by atoms with Crippen molar-refractivity contribution in [3.05, 3.63) is 59.2 Å². The van der Waals surface area contributed by atoms with Gasteiger partial charge in [0.25, 0.3) is 5.91 Å². The summed E-state index contributed by atoms with van der Waals surface area (Å²) in [6, 6.07) is 13.1. The van der Waals surface area contributed by atoms with Gasteiger partial charge in [-0.2, -0.15) is 0 Å². The van der Waals surface area contributed by atoms with Gasteiger partial charge in [-0.05, 0) is 49.2 Å². The molecular weight excluding hydrogens is 328 g/mol. The van der Waals surface area contributed by atoms with Crippen molar-refractivity contribution >= 4 is 18.0 Å². The van der Waals surface area contributed by atoms with Gasteiger partial charge in [0.1, 0.15) is 11.9 Å². The maximum absolute atomic E-state index is 12.6. The predicted molar refractivity (Wildman–Crippen MR) is 102 cm³/mol. The number of para-hydroxylation sites is 1. The SMILES string of the molecule is Cc1cccc(C)c1OC1CCN(C(=O)c2ccc(NC=O)cc2)CC1. The fourth-order valence-electron chi connectivity index (χ4n) is 3.29. The van der Waals surface area contributed by atoms with Crippen LogP contribution in [0, 0.1) is 13.8 Å². The second-order valence-corrected chi connectivity index (χ2v) is 6.67. The van der Waals surface area contributed by atoms with Crippen molar-refractivity contribution in [1.29, 1.82) is 0 Å². The summed E-state index contributed by atoms with van der Waals surface area (Å²) in [4.78, 5) is 25.0. The summed E-state index contributed by atoms with van der Waals surface area (Å²) < 4.78 is 6.21. The Morgan fingerprint density at radius 3 is 2.27 bits per heavy atom. The molecule has 0 unspecified atom stereocenters. The zero-order chi connectivity index (χ0) is 18.5. The number of ether oxygens (including phenoxy) is 1. The molecule has 0 radical (unpaired) electrons. The number of nitrogens with one attached hydrogen (secondary N) is 1. The predicted octanol–water partition coefficient (Wildman–Crippen LogP) is 3.56. The van der Waals surface area contributed by atoms with E-state index in [4.69, 9.17) is 4.74 Å². The molecule has 0 aromatic heterocycles. The topological polar surface area (TPSA) is 58.6 Å². The average molecular weight is 352 g/mol. The average Bonchev–Trinajstić information content (AvgIpc) is 2.66. The van der Waals surface area contributed by atoms with Crippen molar-refractivity contribution in [2.24, 2.45) is 0 Å². The lowest BCUT2D eigenvalue weighted by atomic mass is 10.0. The van der Waals surface area contributed by atoms with Crippen molar-refractivity contribution in [3.63, 3.8) is 0 Å². The third-order valence-corrected chi connectivity index (χ3v) is 4.78. The number of hydrogen-bond acceptors (Lipinski definition) is 3. The lowest BCUT2D eigenvalue weighted by Gasteiger charge is -2.33. The zero-order valence-corrected chi connectivity index (χ0v) is 15.2. The van der Waals surface area contributed by atoms with Crippen LogP contribution in [-0.4, -0.2) is 36.4 Å². The number of aryl methyl sites for hydroxylation is 2. The Balaban J connectivity index is 1.57. The van der Waals surface area contributed by atoms with Crippen LogP contribution in [0.4, 0.5) is 5.69 Å². The Morgan fingerprint density at radius 2 is 1.69 bits per heavy atom. The van der Waals surface area contributed by atoms with E-state index in [1.165, 1.54) is 0 Å². The Bertz CT molecular complexity index is 758. The van der Waals surface area contributed by atoms with Gasteiger partial charge in [0, 0.05) is 37.2 Å². The molecule has 1 fully saturated rings. The highest BCUT2D eigenvalue weighted by atomic mass is 16.5. The Hall–Kier alpha value is -2.82. The summed E-state index contributed by atoms with van der Waals surface area (Å²) in [6.07, 6.45) is 2.41. The number of carbonyl (C=O) groups is 2. The molecule has 136 valence electrons. The fourth-order valence-corrected chi connectivity index (χ4v) is 3.29. The molecule has 0 saturated carbocycles. The lowest BCUT2D eigenvalue weighted by Crippen LogP contribution is -2.41. The monoisotopic (exact) mass is 352 g/mol. The second-order valence-electron chi connectivity index (χ2n) is 6.67. The standard InChI is InChI=1S/C21H24N2O3/c1-15-4-3-5-16(2)20(15)26-19-10-12-23(13-11-19)21(25)17-6-8-18(9-7-17)22-14-24/h3-9,14,19H,10-13H2,1-2H3,(H,22,24). The molecule has 1 aliphatic heterocycles. The van der Waals surface area contributed by atoms with Gasteiger partial charge in [0.05, 0.1) is 0 Å². The van der Waals surface area contributed by atoms with Crippen LogP contribution in [0.25, 0.3) is 0 Å². The molecule has 0 atom stereocenters. The van der Waals surface area contributed by atoms with Crippen LogP contribution in [0.15, 0.2) is 42.5 Å². The smallest absolute Gasteiger partial charge is 0.253 e. The first-order chi connectivity index (χ1) is 12.6. The number of carbonyl (C=O) groups excluding carboxylic acids is 2. The highest BCUT2D eigenvalue weighted by molar-refractivity contribution is 5.94. The minimum atomic E-state index is 0.0215. The third-order valence-electron chi connectivity index (χ3n) is 4.78. The van der Waals surface area contributed by atoms with Crippen molar-refractivity contribution < 1.29 is 14.3 Å². The Morgan fingerprint density at radius 1 is 1.08 bits per heavy atom. The number of benzene rings is 2. The number of amides is 2. The minimum absolute atomic E-state index is 0.0215. The number of hydrogen-bond donors (Lipinski definition) is 1. The van der Waals surface area contributed by atoms with Crippen LogP contribution in [0.1, 0.15) is 34.3 Å². The van der Waals surface area contributed by atoms with Crippen LogP contribution < -0.4 is 10.1 Å². The summed E-state index contributed by atoms with van der Waals surface area (Å²) in [6.45, 7) is 5.49. The molecule has 1 saturated heterocycles. The van der Waals surface area contributed by atoms with Gasteiger partial charge in [0.15, 0.2) is 0 Å². The summed E-state index contributed by atoms with van der Waals surface area (Å²) >= 11 is 0. The van der Waals surface area contributed by atoms with E-state index in [1.54, 1.807) is 24.3 Å². The first kappa shape index (κ1) is 18.0. The number of likely N-dealkylation sites (tertiary alicyclic amines) is 1. The molecule has 1 aliphatic rings. The summed E-state index contributed by atoms with van der Waals surface area (Å²) in [5.74, 6) is 0.990. The van der Waals surface area contributed by atoms with Gasteiger partial charge in [-0.15, -0.1) is 0 Å². The highest BCUT2D eigenvalue weighted by Crippen LogP contribution is 2.26. The highest BCUT2D eigenvalue weighted by Gasteiger charge is 2.25. The van der Waals surface area contributed by atoms with Crippen LogP contribution in [-0.2, 0) is 4.79 Å². The molecule has 3 rings (SSSR count). The molecule has 2 aromatic rings. The van der Waals surface area contributed by atoms with E-state index in [0.717, 1.165) is 29.7 Å². The molecule has 0 bridgehead atoms. The quantitative estimate of drug-likeness (QED) is 0.837. The summed E-state index contributed by atoms with van der Waals surface area (Å²) in [7, 11) is 0. The largest absolute Gasteiger partial charge is 0.490 e. The molecule has 1 heterocycles. The van der Waals surface area contributed by atoms with Crippen LogP contribution in [0.3, 0.4) is 0 Å². The summed E-state index contributed by atoms with van der Waals surface area (Å²) in [5.41, 5.74) is 3.60. The Labute approximate surface area is 154 Å². The Kier molecular flexibility index (Phi) is 5.56. The zero-order valence-electron chi connectivity index (χ0n) is 15.2. The fraction of sp³-hybridized carbons (Fsp3) is 0.333. The van der Waals surface area contributed by atoms with Crippen molar-refractivity contribution in [1.82, 2.24) is 4.90 Å². The van der Waals surface area contributed by atoms with Crippen molar-refractivity contribution in [2.75, 3.05) is 18.4 Å². The normalized spacial score (nSPS) is 14.8. The number of rotatable bonds is 5. The maximum Gasteiger partial charge on any atom is 0.253 e. The molecule has 0 aliphatic carbocycles. The molecule has 2 aromatic carbocycles. The van der Waals surface area contributed by atoms with Crippen LogP contribution in [0.5, 0.6) is 5.75 Å². The lowest BCUT2D eigenvalue weighted by molar-refractivity contribution is -0.105. The van der Waals surface area contributed by atoms with Gasteiger partial charge in [-0.25, -0.2) is 0 Å². The van der Waals surface area contributed by atoms with E-state index < -0.39 is 0 Å². The van der Waals surface area contributed by atoms with E-state index in [9.17, 15) is 9.59 Å². The van der Waals surface area contributed by atoms with Crippen molar-refractivity contribution in [2.45, 2.75) is 32.8 Å². The molecule has 0 spiro atoms. The second kappa shape index (κ2) is 8.04. The van der Waals surface area contributed by atoms with Gasteiger partial charge in [0.2, 0.25) is 6.41 Å². The molecule has 5 heteroatoms. The molecular formula is C21H24N2O3. The van der Waals surface area contributed by atoms with Gasteiger partial charge >= 0.3 is 0 Å². The molecule has 2 amide bonds. The van der Waals surface area contributed by atoms with Gasteiger partial charge in [-0.3, -0.25) is 9.59 Å².